The molecule has 0 fully saturated rings. The first-order chi connectivity index (χ1) is 11.9. The lowest BCUT2D eigenvalue weighted by atomic mass is 9.98. The van der Waals surface area contributed by atoms with E-state index >= 15 is 0 Å². The van der Waals surface area contributed by atoms with Gasteiger partial charge in [0.2, 0.25) is 0 Å². The minimum atomic E-state index is 0.567. The molecule has 3 heteroatoms. The van der Waals surface area contributed by atoms with Gasteiger partial charge in [-0.2, -0.15) is 0 Å². The fraction of sp³-hybridized carbons (Fsp3) is 0.500. The van der Waals surface area contributed by atoms with Gasteiger partial charge in [-0.15, -0.1) is 0 Å². The average Bonchev–Trinajstić information content (AvgIpc) is 2.61. The molecule has 134 valence electrons. The molecule has 3 rings (SSSR count). The van der Waals surface area contributed by atoms with Gasteiger partial charge in [0.15, 0.2) is 0 Å². The first kappa shape index (κ1) is 17.8. The molecule has 25 heavy (non-hydrogen) atoms. The highest BCUT2D eigenvalue weighted by molar-refractivity contribution is 5.72. The van der Waals surface area contributed by atoms with Gasteiger partial charge in [-0.3, -0.25) is 0 Å². The van der Waals surface area contributed by atoms with Crippen molar-refractivity contribution in [2.24, 2.45) is 0 Å². The lowest BCUT2D eigenvalue weighted by Gasteiger charge is -2.37. The third kappa shape index (κ3) is 3.37. The Morgan fingerprint density at radius 3 is 2.64 bits per heavy atom. The third-order valence-electron chi connectivity index (χ3n) is 5.80. The van der Waals surface area contributed by atoms with Crippen LogP contribution in [0.25, 0.3) is 0 Å². The van der Waals surface area contributed by atoms with E-state index in [9.17, 15) is 0 Å². The molecule has 0 radical (unpaired) electrons. The molecule has 1 aromatic heterocycles. The Labute approximate surface area is 152 Å². The summed E-state index contributed by atoms with van der Waals surface area (Å²) in [5, 5.41) is 3.65. The number of fused-ring (bicyclic) bond motifs is 1. The maximum atomic E-state index is 4.86. The molecule has 0 aliphatic carbocycles. The number of nitrogens with one attached hydrogen (secondary N) is 1. The Morgan fingerprint density at radius 2 is 1.92 bits per heavy atom. The number of hydrogen-bond donors (Lipinski definition) is 1. The van der Waals surface area contributed by atoms with E-state index in [0.29, 0.717) is 6.04 Å². The Balaban J connectivity index is 2.04. The normalized spacial score (nSPS) is 15.0. The van der Waals surface area contributed by atoms with Crippen LogP contribution in [0.3, 0.4) is 0 Å². The molecule has 0 spiro atoms. The predicted octanol–water partition coefficient (Wildman–Crippen LogP) is 5.61. The van der Waals surface area contributed by atoms with Gasteiger partial charge in [-0.25, -0.2) is 4.98 Å². The lowest BCUT2D eigenvalue weighted by molar-refractivity contribution is 0.579. The van der Waals surface area contributed by atoms with Crippen LogP contribution in [0.2, 0.25) is 0 Å². The van der Waals surface area contributed by atoms with E-state index in [1.54, 1.807) is 0 Å². The van der Waals surface area contributed by atoms with Gasteiger partial charge in [0.05, 0.1) is 0 Å². The largest absolute Gasteiger partial charge is 0.368 e. The molecule has 2 aromatic rings. The maximum absolute atomic E-state index is 4.86. The summed E-state index contributed by atoms with van der Waals surface area (Å²) in [6.07, 6.45) is 3.46. The Hall–Kier alpha value is -2.03. The molecule has 1 unspecified atom stereocenters. The molecular formula is C22H31N3. The zero-order valence-electron chi connectivity index (χ0n) is 16.5. The Kier molecular flexibility index (Phi) is 5.03. The molecule has 0 bridgehead atoms. The van der Waals surface area contributed by atoms with Gasteiger partial charge in [-0.05, 0) is 82.7 Å². The van der Waals surface area contributed by atoms with E-state index in [-0.39, 0.29) is 0 Å². The topological polar surface area (TPSA) is 28.2 Å². The van der Waals surface area contributed by atoms with Crippen LogP contribution in [0.5, 0.6) is 0 Å². The van der Waals surface area contributed by atoms with Crippen molar-refractivity contribution >= 4 is 17.2 Å². The molecule has 1 aromatic carbocycles. The van der Waals surface area contributed by atoms with Gasteiger partial charge in [0.25, 0.3) is 0 Å². The fourth-order valence-electron chi connectivity index (χ4n) is 3.73. The van der Waals surface area contributed by atoms with Crippen molar-refractivity contribution in [1.29, 1.82) is 0 Å². The van der Waals surface area contributed by atoms with E-state index in [4.69, 9.17) is 4.98 Å². The van der Waals surface area contributed by atoms with Gasteiger partial charge < -0.3 is 10.2 Å². The number of aryl methyl sites for hydroxylation is 2. The first-order valence-electron chi connectivity index (χ1n) is 9.53. The highest BCUT2D eigenvalue weighted by atomic mass is 15.2. The molecule has 0 saturated carbocycles. The smallest absolute Gasteiger partial charge is 0.135 e. The summed E-state index contributed by atoms with van der Waals surface area (Å²) in [6.45, 7) is 14.4. The summed E-state index contributed by atoms with van der Waals surface area (Å²) in [5.74, 6) is 1.04. The highest BCUT2D eigenvalue weighted by Crippen LogP contribution is 2.36. The van der Waals surface area contributed by atoms with Crippen LogP contribution in [0.4, 0.5) is 17.2 Å². The summed E-state index contributed by atoms with van der Waals surface area (Å²) < 4.78 is 0. The number of rotatable bonds is 4. The molecule has 1 aliphatic heterocycles. The number of nitrogens with zero attached hydrogens (tertiary/aromatic N) is 2. The third-order valence-corrected chi connectivity index (χ3v) is 5.80. The number of hydrogen-bond acceptors (Lipinski definition) is 3. The van der Waals surface area contributed by atoms with E-state index in [2.05, 4.69) is 70.0 Å². The molecule has 1 aliphatic rings. The summed E-state index contributed by atoms with van der Waals surface area (Å²) in [4.78, 5) is 7.42. The van der Waals surface area contributed by atoms with Gasteiger partial charge >= 0.3 is 0 Å². The van der Waals surface area contributed by atoms with Crippen molar-refractivity contribution in [3.05, 3.63) is 46.1 Å². The summed E-state index contributed by atoms with van der Waals surface area (Å²) >= 11 is 0. The maximum Gasteiger partial charge on any atom is 0.135 e. The second kappa shape index (κ2) is 7.07. The number of pyridine rings is 1. The minimum absolute atomic E-state index is 0.567. The van der Waals surface area contributed by atoms with Crippen LogP contribution < -0.4 is 10.2 Å². The zero-order valence-corrected chi connectivity index (χ0v) is 16.5. The minimum Gasteiger partial charge on any atom is -0.368 e. The summed E-state index contributed by atoms with van der Waals surface area (Å²) in [5.41, 5.74) is 9.00. The van der Waals surface area contributed by atoms with Crippen molar-refractivity contribution in [1.82, 2.24) is 4.98 Å². The SMILES string of the molecule is CCC(C)N1CCCc2c1cc(C)nc2Nc1ccc(C)c(C)c1C. The van der Waals surface area contributed by atoms with E-state index in [1.165, 1.54) is 46.5 Å². The van der Waals surface area contributed by atoms with Crippen molar-refractivity contribution in [3.8, 4) is 0 Å². The standard InChI is InChI=1S/C22H31N3/c1-7-16(4)25-12-8-9-19-21(25)13-15(3)23-22(19)24-20-11-10-14(2)17(5)18(20)6/h10-11,13,16H,7-9,12H2,1-6H3,(H,23,24). The van der Waals surface area contributed by atoms with Crippen LogP contribution in [0.1, 0.15) is 54.6 Å². The van der Waals surface area contributed by atoms with E-state index in [0.717, 1.165) is 24.5 Å². The van der Waals surface area contributed by atoms with Gasteiger partial charge in [0, 0.05) is 35.2 Å². The lowest BCUT2D eigenvalue weighted by Crippen LogP contribution is -2.37. The van der Waals surface area contributed by atoms with Crippen LogP contribution >= 0.6 is 0 Å². The molecule has 2 heterocycles. The number of anilines is 3. The molecule has 1 N–H and O–H groups in total. The monoisotopic (exact) mass is 337 g/mol. The van der Waals surface area contributed by atoms with Crippen LogP contribution in [-0.2, 0) is 6.42 Å². The van der Waals surface area contributed by atoms with Crippen LogP contribution in [-0.4, -0.2) is 17.6 Å². The molecule has 3 nitrogen and oxygen atoms in total. The van der Waals surface area contributed by atoms with Gasteiger partial charge in [-0.1, -0.05) is 13.0 Å². The van der Waals surface area contributed by atoms with Crippen molar-refractivity contribution < 1.29 is 0 Å². The summed E-state index contributed by atoms with van der Waals surface area (Å²) in [7, 11) is 0. The van der Waals surface area contributed by atoms with Crippen LogP contribution in [0, 0.1) is 27.7 Å². The number of benzene rings is 1. The molecule has 0 saturated heterocycles. The summed E-state index contributed by atoms with van der Waals surface area (Å²) in [6, 6.07) is 7.21. The fourth-order valence-corrected chi connectivity index (χ4v) is 3.73. The van der Waals surface area contributed by atoms with Crippen molar-refractivity contribution in [3.63, 3.8) is 0 Å². The Bertz CT molecular complexity index is 779. The number of aromatic nitrogens is 1. The molecule has 1 atom stereocenters. The second-order valence-electron chi connectivity index (χ2n) is 7.47. The van der Waals surface area contributed by atoms with Crippen molar-refractivity contribution in [2.75, 3.05) is 16.8 Å². The first-order valence-corrected chi connectivity index (χ1v) is 9.53. The van der Waals surface area contributed by atoms with E-state index < -0.39 is 0 Å². The van der Waals surface area contributed by atoms with Crippen molar-refractivity contribution in [2.45, 2.75) is 66.8 Å². The molecule has 0 amide bonds. The quantitative estimate of drug-likeness (QED) is 0.786. The van der Waals surface area contributed by atoms with E-state index in [1.807, 2.05) is 0 Å². The average molecular weight is 338 g/mol. The molecular weight excluding hydrogens is 306 g/mol. The predicted molar refractivity (Wildman–Crippen MR) is 108 cm³/mol. The highest BCUT2D eigenvalue weighted by Gasteiger charge is 2.24. The van der Waals surface area contributed by atoms with Crippen LogP contribution in [0.15, 0.2) is 18.2 Å². The zero-order chi connectivity index (χ0) is 18.1. The Morgan fingerprint density at radius 1 is 1.16 bits per heavy atom. The second-order valence-corrected chi connectivity index (χ2v) is 7.47. The van der Waals surface area contributed by atoms with Gasteiger partial charge in [0.1, 0.15) is 5.82 Å².